The molecule has 0 bridgehead atoms. The van der Waals surface area contributed by atoms with E-state index in [0.29, 0.717) is 16.9 Å². The van der Waals surface area contributed by atoms with Crippen molar-refractivity contribution in [2.24, 2.45) is 0 Å². The molecule has 1 aromatic heterocycles. The van der Waals surface area contributed by atoms with E-state index < -0.39 is 0 Å². The minimum absolute atomic E-state index is 0.529. The fraction of sp³-hybridized carbons (Fsp3) is 0.176. The fourth-order valence-electron chi connectivity index (χ4n) is 2.46. The van der Waals surface area contributed by atoms with E-state index in [9.17, 15) is 0 Å². The minimum atomic E-state index is 0.529. The molecule has 0 unspecified atom stereocenters. The third-order valence-corrected chi connectivity index (χ3v) is 4.89. The first-order valence-corrected chi connectivity index (χ1v) is 8.62. The van der Waals surface area contributed by atoms with Gasteiger partial charge in [-0.15, -0.1) is 10.2 Å². The zero-order chi connectivity index (χ0) is 15.6. The van der Waals surface area contributed by atoms with Crippen LogP contribution in [0.25, 0.3) is 11.5 Å². The van der Waals surface area contributed by atoms with Gasteiger partial charge < -0.3 is 9.15 Å². The van der Waals surface area contributed by atoms with Gasteiger partial charge in [-0.3, -0.25) is 0 Å². The van der Waals surface area contributed by atoms with Crippen LogP contribution in [0.3, 0.4) is 0 Å². The van der Waals surface area contributed by atoms with E-state index in [1.165, 1.54) is 17.3 Å². The molecular formula is C17H13ClN2O2S. The lowest BCUT2D eigenvalue weighted by Crippen LogP contribution is -1.85. The Kier molecular flexibility index (Phi) is 3.97. The monoisotopic (exact) mass is 344 g/mol. The molecule has 116 valence electrons. The topological polar surface area (TPSA) is 48.2 Å². The van der Waals surface area contributed by atoms with Gasteiger partial charge in [-0.1, -0.05) is 41.6 Å². The summed E-state index contributed by atoms with van der Waals surface area (Å²) in [5, 5.41) is 9.53. The lowest BCUT2D eigenvalue weighted by atomic mass is 10.1. The standard InChI is InChI=1S/C17H13ClN2O2S/c18-14-4-2-1-3-13(14)10-23-17-20-19-16(22-17)12-5-6-15-11(9-12)7-8-21-15/h1-6,9H,7-8,10H2. The van der Waals surface area contributed by atoms with Crippen molar-refractivity contribution in [2.75, 3.05) is 6.61 Å². The van der Waals surface area contributed by atoms with Gasteiger partial charge in [-0.2, -0.15) is 0 Å². The number of hydrogen-bond donors (Lipinski definition) is 0. The first kappa shape index (κ1) is 14.6. The van der Waals surface area contributed by atoms with Gasteiger partial charge in [0.2, 0.25) is 5.89 Å². The lowest BCUT2D eigenvalue weighted by molar-refractivity contribution is 0.357. The Morgan fingerprint density at radius 1 is 1.13 bits per heavy atom. The van der Waals surface area contributed by atoms with Crippen LogP contribution in [0.1, 0.15) is 11.1 Å². The fourth-order valence-corrected chi connectivity index (χ4v) is 3.51. The lowest BCUT2D eigenvalue weighted by Gasteiger charge is -2.01. The Morgan fingerprint density at radius 3 is 2.96 bits per heavy atom. The molecule has 4 rings (SSSR count). The largest absolute Gasteiger partial charge is 0.493 e. The Hall–Kier alpha value is -1.98. The molecule has 0 fully saturated rings. The second kappa shape index (κ2) is 6.26. The highest BCUT2D eigenvalue weighted by Crippen LogP contribution is 2.32. The molecule has 2 heterocycles. The molecule has 23 heavy (non-hydrogen) atoms. The van der Waals surface area contributed by atoms with Crippen molar-refractivity contribution in [3.05, 3.63) is 58.6 Å². The van der Waals surface area contributed by atoms with Gasteiger partial charge in [-0.05, 0) is 35.4 Å². The van der Waals surface area contributed by atoms with Crippen molar-refractivity contribution in [1.29, 1.82) is 0 Å². The summed E-state index contributed by atoms with van der Waals surface area (Å²) in [5.41, 5.74) is 3.16. The molecule has 1 aliphatic rings. The molecule has 0 radical (unpaired) electrons. The van der Waals surface area contributed by atoms with Crippen molar-refractivity contribution >= 4 is 23.4 Å². The molecule has 0 N–H and O–H groups in total. The molecule has 0 amide bonds. The highest BCUT2D eigenvalue weighted by atomic mass is 35.5. The SMILES string of the molecule is Clc1ccccc1CSc1nnc(-c2ccc3c(c2)CCO3)o1. The number of halogens is 1. The number of ether oxygens (including phenoxy) is 1. The highest BCUT2D eigenvalue weighted by Gasteiger charge is 2.16. The number of fused-ring (bicyclic) bond motifs is 1. The molecule has 1 aliphatic heterocycles. The summed E-state index contributed by atoms with van der Waals surface area (Å²) in [4.78, 5) is 0. The van der Waals surface area contributed by atoms with Crippen molar-refractivity contribution in [2.45, 2.75) is 17.4 Å². The van der Waals surface area contributed by atoms with Gasteiger partial charge >= 0.3 is 0 Å². The predicted molar refractivity (Wildman–Crippen MR) is 89.9 cm³/mol. The third kappa shape index (κ3) is 3.07. The molecule has 0 spiro atoms. The third-order valence-electron chi connectivity index (χ3n) is 3.65. The van der Waals surface area contributed by atoms with Crippen LogP contribution in [0.15, 0.2) is 52.1 Å². The van der Waals surface area contributed by atoms with E-state index in [1.54, 1.807) is 0 Å². The number of rotatable bonds is 4. The van der Waals surface area contributed by atoms with Crippen LogP contribution in [0.4, 0.5) is 0 Å². The van der Waals surface area contributed by atoms with Gasteiger partial charge in [-0.25, -0.2) is 0 Å². The molecule has 2 aromatic carbocycles. The maximum atomic E-state index is 6.15. The zero-order valence-corrected chi connectivity index (χ0v) is 13.7. The van der Waals surface area contributed by atoms with Gasteiger partial charge in [0.05, 0.1) is 6.61 Å². The van der Waals surface area contributed by atoms with E-state index in [0.717, 1.165) is 34.9 Å². The Bertz CT molecular complexity index is 850. The van der Waals surface area contributed by atoms with Crippen molar-refractivity contribution in [3.63, 3.8) is 0 Å². The average Bonchev–Trinajstić information content (AvgIpc) is 3.22. The summed E-state index contributed by atoms with van der Waals surface area (Å²) in [6.07, 6.45) is 0.922. The van der Waals surface area contributed by atoms with Crippen molar-refractivity contribution in [1.82, 2.24) is 10.2 Å². The molecule has 4 nitrogen and oxygen atoms in total. The number of benzene rings is 2. The van der Waals surface area contributed by atoms with Gasteiger partial charge in [0.1, 0.15) is 5.75 Å². The molecule has 0 aliphatic carbocycles. The van der Waals surface area contributed by atoms with E-state index >= 15 is 0 Å². The first-order chi connectivity index (χ1) is 11.3. The normalized spacial score (nSPS) is 12.9. The first-order valence-electron chi connectivity index (χ1n) is 7.25. The Morgan fingerprint density at radius 2 is 2.04 bits per heavy atom. The Labute approximate surface area is 142 Å². The predicted octanol–water partition coefficient (Wildman–Crippen LogP) is 4.62. The summed E-state index contributed by atoms with van der Waals surface area (Å²) in [7, 11) is 0. The van der Waals surface area contributed by atoms with E-state index in [2.05, 4.69) is 16.3 Å². The second-order valence-electron chi connectivity index (χ2n) is 5.17. The maximum absolute atomic E-state index is 6.15. The molecule has 0 saturated carbocycles. The van der Waals surface area contributed by atoms with Crippen LogP contribution in [0.2, 0.25) is 5.02 Å². The molecule has 6 heteroatoms. The Balaban J connectivity index is 1.50. The highest BCUT2D eigenvalue weighted by molar-refractivity contribution is 7.98. The summed E-state index contributed by atoms with van der Waals surface area (Å²) >= 11 is 7.63. The zero-order valence-electron chi connectivity index (χ0n) is 12.2. The second-order valence-corrected chi connectivity index (χ2v) is 6.51. The maximum Gasteiger partial charge on any atom is 0.277 e. The smallest absolute Gasteiger partial charge is 0.277 e. The van der Waals surface area contributed by atoms with Crippen LogP contribution >= 0.6 is 23.4 Å². The summed E-state index contributed by atoms with van der Waals surface area (Å²) in [6, 6.07) is 13.7. The molecular weight excluding hydrogens is 332 g/mol. The van der Waals surface area contributed by atoms with Crippen LogP contribution < -0.4 is 4.74 Å². The molecule has 3 aromatic rings. The van der Waals surface area contributed by atoms with Gasteiger partial charge in [0.25, 0.3) is 5.22 Å². The quantitative estimate of drug-likeness (QED) is 0.646. The van der Waals surface area contributed by atoms with Gasteiger partial charge in [0.15, 0.2) is 0 Å². The van der Waals surface area contributed by atoms with Crippen molar-refractivity contribution < 1.29 is 9.15 Å². The van der Waals surface area contributed by atoms with Crippen LogP contribution in [-0.4, -0.2) is 16.8 Å². The number of nitrogens with zero attached hydrogens (tertiary/aromatic N) is 2. The number of thioether (sulfide) groups is 1. The van der Waals surface area contributed by atoms with E-state index in [4.69, 9.17) is 20.8 Å². The molecule has 0 atom stereocenters. The van der Waals surface area contributed by atoms with Gasteiger partial charge in [0, 0.05) is 22.8 Å². The molecule has 0 saturated heterocycles. The van der Waals surface area contributed by atoms with Crippen LogP contribution in [0.5, 0.6) is 5.75 Å². The van der Waals surface area contributed by atoms with E-state index in [-0.39, 0.29) is 0 Å². The van der Waals surface area contributed by atoms with Crippen LogP contribution in [-0.2, 0) is 12.2 Å². The van der Waals surface area contributed by atoms with Crippen LogP contribution in [0, 0.1) is 0 Å². The summed E-state index contributed by atoms with van der Waals surface area (Å²) in [5.74, 6) is 2.17. The number of aromatic nitrogens is 2. The van der Waals surface area contributed by atoms with Crippen molar-refractivity contribution in [3.8, 4) is 17.2 Å². The minimum Gasteiger partial charge on any atom is -0.493 e. The average molecular weight is 345 g/mol. The summed E-state index contributed by atoms with van der Waals surface area (Å²) < 4.78 is 11.3. The number of hydrogen-bond acceptors (Lipinski definition) is 5. The summed E-state index contributed by atoms with van der Waals surface area (Å²) in [6.45, 7) is 0.738. The van der Waals surface area contributed by atoms with E-state index in [1.807, 2.05) is 36.4 Å².